The van der Waals surface area contributed by atoms with Gasteiger partial charge < -0.3 is 19.5 Å². The molecule has 2 aromatic rings. The van der Waals surface area contributed by atoms with Crippen LogP contribution in [0.5, 0.6) is 17.2 Å². The van der Waals surface area contributed by atoms with E-state index in [1.165, 1.54) is 7.11 Å². The van der Waals surface area contributed by atoms with Crippen LogP contribution in [-0.2, 0) is 4.74 Å². The van der Waals surface area contributed by atoms with Crippen LogP contribution < -0.4 is 14.8 Å². The molecular weight excluding hydrogens is 270 g/mol. The molecule has 3 rings (SSSR count). The van der Waals surface area contributed by atoms with Crippen LogP contribution in [0.25, 0.3) is 0 Å². The molecule has 1 amide bonds. The van der Waals surface area contributed by atoms with Crippen molar-refractivity contribution in [2.45, 2.75) is 6.04 Å². The third-order valence-electron chi connectivity index (χ3n) is 3.43. The standard InChI is InChI=1S/C16H15NO4/c1-19-10-7-8-14-12(9-10)15(17-16(18)20-2)11-5-3-4-6-13(11)21-14/h3-9,15H,1-2H3,(H,17,18). The molecular formula is C16H15NO4. The van der Waals surface area contributed by atoms with Gasteiger partial charge in [0.1, 0.15) is 17.2 Å². The van der Waals surface area contributed by atoms with Gasteiger partial charge in [0.05, 0.1) is 20.3 Å². The Kier molecular flexibility index (Phi) is 3.39. The number of benzene rings is 2. The maximum Gasteiger partial charge on any atom is 0.407 e. The van der Waals surface area contributed by atoms with E-state index >= 15 is 0 Å². The number of nitrogens with one attached hydrogen (secondary N) is 1. The summed E-state index contributed by atoms with van der Waals surface area (Å²) in [5, 5.41) is 2.84. The largest absolute Gasteiger partial charge is 0.497 e. The predicted octanol–water partition coefficient (Wildman–Crippen LogP) is 3.25. The summed E-state index contributed by atoms with van der Waals surface area (Å²) in [5.41, 5.74) is 1.71. The molecule has 0 bridgehead atoms. The minimum absolute atomic E-state index is 0.340. The van der Waals surface area contributed by atoms with Crippen molar-refractivity contribution in [1.82, 2.24) is 5.32 Å². The van der Waals surface area contributed by atoms with Gasteiger partial charge in [-0.2, -0.15) is 0 Å². The quantitative estimate of drug-likeness (QED) is 0.920. The van der Waals surface area contributed by atoms with Gasteiger partial charge in [-0.3, -0.25) is 0 Å². The zero-order valence-electron chi connectivity index (χ0n) is 11.8. The second-order valence-electron chi connectivity index (χ2n) is 4.61. The monoisotopic (exact) mass is 285 g/mol. The van der Waals surface area contributed by atoms with Gasteiger partial charge in [-0.25, -0.2) is 4.79 Å². The third kappa shape index (κ3) is 2.38. The van der Waals surface area contributed by atoms with E-state index in [1.54, 1.807) is 7.11 Å². The van der Waals surface area contributed by atoms with Gasteiger partial charge in [-0.1, -0.05) is 18.2 Å². The highest BCUT2D eigenvalue weighted by Crippen LogP contribution is 2.43. The van der Waals surface area contributed by atoms with E-state index in [0.29, 0.717) is 11.5 Å². The third-order valence-corrected chi connectivity index (χ3v) is 3.43. The molecule has 0 saturated heterocycles. The molecule has 0 radical (unpaired) electrons. The number of methoxy groups -OCH3 is 2. The Morgan fingerprint density at radius 1 is 1.10 bits per heavy atom. The number of carbonyl (C=O) groups excluding carboxylic acids is 1. The van der Waals surface area contributed by atoms with E-state index < -0.39 is 6.09 Å². The molecule has 1 unspecified atom stereocenters. The van der Waals surface area contributed by atoms with Crippen molar-refractivity contribution >= 4 is 6.09 Å². The van der Waals surface area contributed by atoms with Gasteiger partial charge in [0.2, 0.25) is 0 Å². The normalized spacial score (nSPS) is 15.2. The zero-order valence-corrected chi connectivity index (χ0v) is 11.8. The second kappa shape index (κ2) is 5.36. The highest BCUT2D eigenvalue weighted by Gasteiger charge is 2.29. The van der Waals surface area contributed by atoms with Crippen molar-refractivity contribution in [2.24, 2.45) is 0 Å². The van der Waals surface area contributed by atoms with Crippen molar-refractivity contribution in [3.05, 3.63) is 53.6 Å². The summed E-state index contributed by atoms with van der Waals surface area (Å²) in [5.74, 6) is 2.11. The summed E-state index contributed by atoms with van der Waals surface area (Å²) in [6.07, 6.45) is -0.495. The van der Waals surface area contributed by atoms with Crippen LogP contribution in [0, 0.1) is 0 Å². The number of amides is 1. The summed E-state index contributed by atoms with van der Waals surface area (Å²) in [4.78, 5) is 11.6. The number of rotatable bonds is 2. The zero-order chi connectivity index (χ0) is 14.8. The molecule has 0 spiro atoms. The second-order valence-corrected chi connectivity index (χ2v) is 4.61. The number of hydrogen-bond donors (Lipinski definition) is 1. The molecule has 1 atom stereocenters. The van der Waals surface area contributed by atoms with Crippen molar-refractivity contribution in [2.75, 3.05) is 14.2 Å². The Morgan fingerprint density at radius 3 is 2.62 bits per heavy atom. The number of para-hydroxylation sites is 1. The Bertz CT molecular complexity index is 684. The van der Waals surface area contributed by atoms with Crippen LogP contribution in [0.4, 0.5) is 4.79 Å². The lowest BCUT2D eigenvalue weighted by Crippen LogP contribution is -2.31. The summed E-state index contributed by atoms with van der Waals surface area (Å²) < 4.78 is 15.8. The average molecular weight is 285 g/mol. The molecule has 1 heterocycles. The lowest BCUT2D eigenvalue weighted by molar-refractivity contribution is 0.167. The first-order valence-corrected chi connectivity index (χ1v) is 6.52. The molecule has 5 heteroatoms. The molecule has 5 nitrogen and oxygen atoms in total. The van der Waals surface area contributed by atoms with Crippen LogP contribution in [0.1, 0.15) is 17.2 Å². The molecule has 0 saturated carbocycles. The Hall–Kier alpha value is -2.69. The molecule has 21 heavy (non-hydrogen) atoms. The molecule has 1 aliphatic heterocycles. The number of carbonyl (C=O) groups is 1. The molecule has 0 aliphatic carbocycles. The van der Waals surface area contributed by atoms with Crippen LogP contribution in [0.15, 0.2) is 42.5 Å². The van der Waals surface area contributed by atoms with Crippen molar-refractivity contribution in [3.63, 3.8) is 0 Å². The Morgan fingerprint density at radius 2 is 1.86 bits per heavy atom. The van der Waals surface area contributed by atoms with Gasteiger partial charge >= 0.3 is 6.09 Å². The van der Waals surface area contributed by atoms with E-state index in [-0.39, 0.29) is 6.04 Å². The number of alkyl carbamates (subject to hydrolysis) is 1. The molecule has 2 aromatic carbocycles. The van der Waals surface area contributed by atoms with Crippen molar-refractivity contribution in [3.8, 4) is 17.2 Å². The number of ether oxygens (including phenoxy) is 3. The van der Waals surface area contributed by atoms with Gasteiger partial charge in [0, 0.05) is 11.1 Å². The van der Waals surface area contributed by atoms with E-state index in [4.69, 9.17) is 14.2 Å². The van der Waals surface area contributed by atoms with E-state index in [0.717, 1.165) is 16.9 Å². The summed E-state index contributed by atoms with van der Waals surface area (Å²) in [6.45, 7) is 0. The van der Waals surface area contributed by atoms with Gasteiger partial charge in [-0.05, 0) is 24.3 Å². The van der Waals surface area contributed by atoms with E-state index in [1.807, 2.05) is 42.5 Å². The first kappa shape index (κ1) is 13.3. The highest BCUT2D eigenvalue weighted by atomic mass is 16.5. The maximum absolute atomic E-state index is 11.6. The topological polar surface area (TPSA) is 56.8 Å². The maximum atomic E-state index is 11.6. The van der Waals surface area contributed by atoms with Crippen LogP contribution >= 0.6 is 0 Å². The molecule has 0 fully saturated rings. The molecule has 0 aromatic heterocycles. The van der Waals surface area contributed by atoms with Gasteiger partial charge in [-0.15, -0.1) is 0 Å². The summed E-state index contributed by atoms with van der Waals surface area (Å²) in [6, 6.07) is 12.7. The van der Waals surface area contributed by atoms with E-state index in [9.17, 15) is 4.79 Å². The first-order chi connectivity index (χ1) is 10.2. The van der Waals surface area contributed by atoms with Gasteiger partial charge in [0.15, 0.2) is 0 Å². The lowest BCUT2D eigenvalue weighted by atomic mass is 9.94. The molecule has 1 aliphatic rings. The Balaban J connectivity index is 2.10. The minimum Gasteiger partial charge on any atom is -0.497 e. The first-order valence-electron chi connectivity index (χ1n) is 6.52. The highest BCUT2D eigenvalue weighted by molar-refractivity contribution is 5.70. The van der Waals surface area contributed by atoms with Crippen LogP contribution in [0.2, 0.25) is 0 Å². The van der Waals surface area contributed by atoms with Crippen LogP contribution in [-0.4, -0.2) is 20.3 Å². The number of hydrogen-bond acceptors (Lipinski definition) is 4. The van der Waals surface area contributed by atoms with Crippen LogP contribution in [0.3, 0.4) is 0 Å². The lowest BCUT2D eigenvalue weighted by Gasteiger charge is -2.28. The SMILES string of the molecule is COC(=O)NC1c2ccccc2Oc2ccc(OC)cc21. The fourth-order valence-electron chi connectivity index (χ4n) is 2.40. The smallest absolute Gasteiger partial charge is 0.407 e. The average Bonchev–Trinajstić information content (AvgIpc) is 2.54. The minimum atomic E-state index is -0.495. The van der Waals surface area contributed by atoms with Crippen molar-refractivity contribution in [1.29, 1.82) is 0 Å². The fourth-order valence-corrected chi connectivity index (χ4v) is 2.40. The summed E-state index contributed by atoms with van der Waals surface area (Å²) in [7, 11) is 2.94. The molecule has 1 N–H and O–H groups in total. The Labute approximate surface area is 122 Å². The van der Waals surface area contributed by atoms with Gasteiger partial charge in [0.25, 0.3) is 0 Å². The van der Waals surface area contributed by atoms with E-state index in [2.05, 4.69) is 5.32 Å². The van der Waals surface area contributed by atoms with Crippen molar-refractivity contribution < 1.29 is 19.0 Å². The predicted molar refractivity (Wildman–Crippen MR) is 76.9 cm³/mol. The fraction of sp³-hybridized carbons (Fsp3) is 0.188. The number of fused-ring (bicyclic) bond motifs is 2. The summed E-state index contributed by atoms with van der Waals surface area (Å²) >= 11 is 0. The molecule has 108 valence electrons.